The predicted molar refractivity (Wildman–Crippen MR) is 118 cm³/mol. The molecule has 0 spiro atoms. The van der Waals surface area contributed by atoms with Crippen LogP contribution in [0.15, 0.2) is 59.4 Å². The molecule has 31 heavy (non-hydrogen) atoms. The number of esters is 1. The smallest absolute Gasteiger partial charge is 0.359 e. The summed E-state index contributed by atoms with van der Waals surface area (Å²) in [6.07, 6.45) is 5.20. The number of ether oxygens (including phenoxy) is 1. The molecule has 0 atom stereocenters. The maximum Gasteiger partial charge on any atom is 0.359 e. The van der Waals surface area contributed by atoms with Gasteiger partial charge in [0.05, 0.1) is 5.39 Å². The number of anilines is 1. The first-order valence-corrected chi connectivity index (χ1v) is 10.6. The van der Waals surface area contributed by atoms with Crippen molar-refractivity contribution >= 4 is 28.3 Å². The minimum Gasteiger partial charge on any atom is -0.451 e. The number of para-hydroxylation sites is 1. The third-order valence-corrected chi connectivity index (χ3v) is 5.72. The lowest BCUT2D eigenvalue weighted by Crippen LogP contribution is -2.44. The molecule has 1 aromatic heterocycles. The zero-order valence-corrected chi connectivity index (χ0v) is 17.5. The first kappa shape index (κ1) is 20.8. The van der Waals surface area contributed by atoms with E-state index in [-0.39, 0.29) is 29.8 Å². The summed E-state index contributed by atoms with van der Waals surface area (Å²) in [5.41, 5.74) is 0.534. The van der Waals surface area contributed by atoms with Crippen LogP contribution in [0.2, 0.25) is 0 Å². The summed E-state index contributed by atoms with van der Waals surface area (Å²) in [6.45, 7) is -0.386. The number of hydrogen-bond donors (Lipinski definition) is 0. The van der Waals surface area contributed by atoms with Gasteiger partial charge in [-0.3, -0.25) is 9.59 Å². The van der Waals surface area contributed by atoms with Gasteiger partial charge in [-0.1, -0.05) is 55.7 Å². The molecule has 2 aromatic carbocycles. The Morgan fingerprint density at radius 1 is 1.00 bits per heavy atom. The molecule has 1 heterocycles. The van der Waals surface area contributed by atoms with Gasteiger partial charge in [0.1, 0.15) is 0 Å². The molecule has 1 fully saturated rings. The average molecular weight is 419 g/mol. The Bertz CT molecular complexity index is 1150. The SMILES string of the molecule is Cn1nc(C(=O)OCC(=O)N(c2ccccc2)C2CCCCC2)c2ccccc2c1=O. The molecular formula is C24H25N3O4. The highest BCUT2D eigenvalue weighted by Gasteiger charge is 2.28. The quantitative estimate of drug-likeness (QED) is 0.592. The van der Waals surface area contributed by atoms with Gasteiger partial charge in [0, 0.05) is 24.2 Å². The Labute approximate surface area is 180 Å². The van der Waals surface area contributed by atoms with Crippen LogP contribution in [0.1, 0.15) is 42.6 Å². The van der Waals surface area contributed by atoms with Gasteiger partial charge in [-0.05, 0) is 31.0 Å². The molecule has 1 saturated carbocycles. The molecule has 0 N–H and O–H groups in total. The van der Waals surface area contributed by atoms with Gasteiger partial charge in [0.15, 0.2) is 12.3 Å². The molecular weight excluding hydrogens is 394 g/mol. The Hall–Kier alpha value is -3.48. The van der Waals surface area contributed by atoms with E-state index in [1.165, 1.54) is 13.5 Å². The zero-order valence-electron chi connectivity index (χ0n) is 17.5. The summed E-state index contributed by atoms with van der Waals surface area (Å²) in [4.78, 5) is 40.0. The van der Waals surface area contributed by atoms with Gasteiger partial charge in [-0.25, -0.2) is 9.48 Å². The van der Waals surface area contributed by atoms with E-state index in [2.05, 4.69) is 5.10 Å². The lowest BCUT2D eigenvalue weighted by atomic mass is 9.93. The van der Waals surface area contributed by atoms with E-state index in [4.69, 9.17) is 4.74 Å². The maximum absolute atomic E-state index is 13.1. The van der Waals surface area contributed by atoms with Crippen molar-refractivity contribution in [3.05, 3.63) is 70.6 Å². The summed E-state index contributed by atoms with van der Waals surface area (Å²) >= 11 is 0. The lowest BCUT2D eigenvalue weighted by molar-refractivity contribution is -0.122. The molecule has 0 unspecified atom stereocenters. The molecule has 0 bridgehead atoms. The number of nitrogens with zero attached hydrogens (tertiary/aromatic N) is 3. The molecule has 160 valence electrons. The topological polar surface area (TPSA) is 81.5 Å². The maximum atomic E-state index is 13.1. The Balaban J connectivity index is 1.55. The molecule has 7 heteroatoms. The first-order valence-electron chi connectivity index (χ1n) is 10.6. The van der Waals surface area contributed by atoms with Crippen molar-refractivity contribution in [2.24, 2.45) is 7.05 Å². The average Bonchev–Trinajstić information content (AvgIpc) is 2.81. The van der Waals surface area contributed by atoms with Crippen LogP contribution >= 0.6 is 0 Å². The number of aromatic nitrogens is 2. The molecule has 0 saturated heterocycles. The second kappa shape index (κ2) is 9.12. The number of carbonyl (C=O) groups excluding carboxylic acids is 2. The summed E-state index contributed by atoms with van der Waals surface area (Å²) < 4.78 is 6.49. The van der Waals surface area contributed by atoms with Crippen molar-refractivity contribution in [3.63, 3.8) is 0 Å². The Morgan fingerprint density at radius 2 is 1.65 bits per heavy atom. The molecule has 4 rings (SSSR count). The van der Waals surface area contributed by atoms with Gasteiger partial charge < -0.3 is 9.64 Å². The standard InChI is InChI=1S/C24H25N3O4/c1-26-23(29)20-15-9-8-14-19(20)22(25-26)24(30)31-16-21(28)27(17-10-4-2-5-11-17)18-12-6-3-7-13-18/h2,4-5,8-11,14-15,18H,3,6-7,12-13,16H2,1H3. The van der Waals surface area contributed by atoms with Gasteiger partial charge in [-0.2, -0.15) is 5.10 Å². The minimum atomic E-state index is -0.725. The van der Waals surface area contributed by atoms with Gasteiger partial charge in [-0.15, -0.1) is 0 Å². The monoisotopic (exact) mass is 419 g/mol. The van der Waals surface area contributed by atoms with E-state index in [1.54, 1.807) is 29.2 Å². The van der Waals surface area contributed by atoms with E-state index in [1.807, 2.05) is 30.3 Å². The van der Waals surface area contributed by atoms with Crippen molar-refractivity contribution in [1.29, 1.82) is 0 Å². The molecule has 7 nitrogen and oxygen atoms in total. The number of carbonyl (C=O) groups is 2. The third-order valence-electron chi connectivity index (χ3n) is 5.72. The zero-order chi connectivity index (χ0) is 21.8. The van der Waals surface area contributed by atoms with Gasteiger partial charge >= 0.3 is 5.97 Å². The first-order chi connectivity index (χ1) is 15.1. The van der Waals surface area contributed by atoms with Crippen LogP contribution < -0.4 is 10.5 Å². The fourth-order valence-corrected chi connectivity index (χ4v) is 4.20. The summed E-state index contributed by atoms with van der Waals surface area (Å²) in [5, 5.41) is 4.87. The van der Waals surface area contributed by atoms with Gasteiger partial charge in [0.2, 0.25) is 0 Å². The van der Waals surface area contributed by atoms with Crippen LogP contribution in [0.3, 0.4) is 0 Å². The number of amides is 1. The second-order valence-electron chi connectivity index (χ2n) is 7.79. The van der Waals surface area contributed by atoms with Crippen molar-refractivity contribution in [1.82, 2.24) is 9.78 Å². The largest absolute Gasteiger partial charge is 0.451 e. The number of aryl methyl sites for hydroxylation is 1. The molecule has 1 aliphatic rings. The van der Waals surface area contributed by atoms with Crippen molar-refractivity contribution in [2.45, 2.75) is 38.1 Å². The second-order valence-corrected chi connectivity index (χ2v) is 7.79. The molecule has 0 aliphatic heterocycles. The van der Waals surface area contributed by atoms with Crippen LogP contribution in [-0.4, -0.2) is 34.3 Å². The predicted octanol–water partition coefficient (Wildman–Crippen LogP) is 3.46. The highest BCUT2D eigenvalue weighted by atomic mass is 16.5. The molecule has 3 aromatic rings. The van der Waals surface area contributed by atoms with Crippen LogP contribution in [0.25, 0.3) is 10.8 Å². The van der Waals surface area contributed by atoms with Crippen molar-refractivity contribution < 1.29 is 14.3 Å². The lowest BCUT2D eigenvalue weighted by Gasteiger charge is -2.34. The molecule has 1 amide bonds. The van der Waals surface area contributed by atoms with Crippen LogP contribution in [0.5, 0.6) is 0 Å². The normalized spacial score (nSPS) is 14.4. The highest BCUT2D eigenvalue weighted by Crippen LogP contribution is 2.27. The van der Waals surface area contributed by atoms with Crippen molar-refractivity contribution in [2.75, 3.05) is 11.5 Å². The Morgan fingerprint density at radius 3 is 2.35 bits per heavy atom. The Kier molecular flexibility index (Phi) is 6.11. The number of benzene rings is 2. The number of rotatable bonds is 5. The van der Waals surface area contributed by atoms with Crippen LogP contribution in [0.4, 0.5) is 5.69 Å². The molecule has 0 radical (unpaired) electrons. The highest BCUT2D eigenvalue weighted by molar-refractivity contribution is 6.03. The van der Waals surface area contributed by atoms with Gasteiger partial charge in [0.25, 0.3) is 11.5 Å². The van der Waals surface area contributed by atoms with Crippen LogP contribution in [0, 0.1) is 0 Å². The number of hydrogen-bond acceptors (Lipinski definition) is 5. The van der Waals surface area contributed by atoms with E-state index < -0.39 is 5.97 Å². The fraction of sp³-hybridized carbons (Fsp3) is 0.333. The minimum absolute atomic E-state index is 0.0226. The summed E-state index contributed by atoms with van der Waals surface area (Å²) in [6, 6.07) is 16.3. The van der Waals surface area contributed by atoms with E-state index in [0.29, 0.717) is 10.8 Å². The summed E-state index contributed by atoms with van der Waals surface area (Å²) in [7, 11) is 1.48. The third kappa shape index (κ3) is 4.35. The van der Waals surface area contributed by atoms with E-state index in [0.717, 1.165) is 36.1 Å². The van der Waals surface area contributed by atoms with E-state index in [9.17, 15) is 14.4 Å². The fourth-order valence-electron chi connectivity index (χ4n) is 4.20. The molecule has 1 aliphatic carbocycles. The van der Waals surface area contributed by atoms with E-state index >= 15 is 0 Å². The summed E-state index contributed by atoms with van der Waals surface area (Å²) in [5.74, 6) is -0.989. The van der Waals surface area contributed by atoms with Crippen LogP contribution in [-0.2, 0) is 16.6 Å². The van der Waals surface area contributed by atoms with Crippen molar-refractivity contribution in [3.8, 4) is 0 Å². The number of fused-ring (bicyclic) bond motifs is 1.